The number of carbonyl (C=O) groups excluding carboxylic acids is 1. The molecule has 0 bridgehead atoms. The zero-order valence-corrected chi connectivity index (χ0v) is 11.8. The average Bonchev–Trinajstić information content (AvgIpc) is 2.49. The van der Waals surface area contributed by atoms with Crippen LogP contribution in [0, 0.1) is 17.0 Å². The molecule has 21 heavy (non-hydrogen) atoms. The van der Waals surface area contributed by atoms with E-state index in [4.69, 9.17) is 16.3 Å². The van der Waals surface area contributed by atoms with Crippen molar-refractivity contribution in [3.8, 4) is 5.75 Å². The van der Waals surface area contributed by atoms with Gasteiger partial charge < -0.3 is 14.9 Å². The smallest absolute Gasteiger partial charge is 0.406 e. The largest absolute Gasteiger partial charge is 0.458 e. The quantitative estimate of drug-likeness (QED) is 0.367. The van der Waals surface area contributed by atoms with Crippen molar-refractivity contribution in [1.29, 1.82) is 0 Å². The molecule has 1 unspecified atom stereocenters. The molecule has 0 saturated heterocycles. The summed E-state index contributed by atoms with van der Waals surface area (Å²) < 4.78 is 5.19. The van der Waals surface area contributed by atoms with E-state index in [-0.39, 0.29) is 5.75 Å². The Labute approximate surface area is 125 Å². The van der Waals surface area contributed by atoms with Crippen LogP contribution in [0.5, 0.6) is 5.75 Å². The van der Waals surface area contributed by atoms with Crippen LogP contribution in [-0.4, -0.2) is 21.3 Å². The van der Waals surface area contributed by atoms with E-state index in [2.05, 4.69) is 4.98 Å². The number of pyridine rings is 1. The van der Waals surface area contributed by atoms with Crippen molar-refractivity contribution >= 4 is 23.2 Å². The first-order chi connectivity index (χ1) is 9.99. The van der Waals surface area contributed by atoms with E-state index in [0.29, 0.717) is 11.3 Å². The molecule has 1 aromatic carbocycles. The SMILES string of the molecule is Cc1ccc(OC(Cl)C(=O)c2ccccc2)c([N+](=O)[O-])n1. The molecule has 6 nitrogen and oxygen atoms in total. The summed E-state index contributed by atoms with van der Waals surface area (Å²) in [5.41, 5.74) is -0.537. The van der Waals surface area contributed by atoms with Crippen LogP contribution in [0.1, 0.15) is 16.1 Å². The van der Waals surface area contributed by atoms with Crippen molar-refractivity contribution in [2.45, 2.75) is 12.5 Å². The Bertz CT molecular complexity index is 676. The van der Waals surface area contributed by atoms with Gasteiger partial charge in [0.2, 0.25) is 17.1 Å². The number of benzene rings is 1. The number of carbonyl (C=O) groups is 1. The maximum atomic E-state index is 12.0. The molecular formula is C14H11ClN2O4. The molecule has 0 fully saturated rings. The van der Waals surface area contributed by atoms with Crippen LogP contribution < -0.4 is 4.74 Å². The Morgan fingerprint density at radius 2 is 1.95 bits per heavy atom. The van der Waals surface area contributed by atoms with E-state index >= 15 is 0 Å². The second kappa shape index (κ2) is 6.32. The molecule has 0 aliphatic rings. The highest BCUT2D eigenvalue weighted by molar-refractivity contribution is 6.33. The number of ketones is 1. The summed E-state index contributed by atoms with van der Waals surface area (Å²) in [4.78, 5) is 26.1. The predicted molar refractivity (Wildman–Crippen MR) is 76.7 cm³/mol. The molecule has 0 radical (unpaired) electrons. The summed E-state index contributed by atoms with van der Waals surface area (Å²) in [6.45, 7) is 1.62. The second-order valence-electron chi connectivity index (χ2n) is 4.20. The lowest BCUT2D eigenvalue weighted by Crippen LogP contribution is -2.22. The number of hydrogen-bond acceptors (Lipinski definition) is 5. The molecule has 7 heteroatoms. The Kier molecular flexibility index (Phi) is 4.49. The standard InChI is InChI=1S/C14H11ClN2O4/c1-9-7-8-11(14(16-9)17(19)20)21-13(15)12(18)10-5-3-2-4-6-10/h2-8,13H,1H3. The lowest BCUT2D eigenvalue weighted by molar-refractivity contribution is -0.390. The molecular weight excluding hydrogens is 296 g/mol. The summed E-state index contributed by atoms with van der Waals surface area (Å²) in [6.07, 6.45) is 0. The molecule has 0 aliphatic carbocycles. The van der Waals surface area contributed by atoms with Gasteiger partial charge in [0.25, 0.3) is 0 Å². The first-order valence-electron chi connectivity index (χ1n) is 6.01. The van der Waals surface area contributed by atoms with Gasteiger partial charge in [-0.25, -0.2) is 0 Å². The Morgan fingerprint density at radius 1 is 1.29 bits per heavy atom. The lowest BCUT2D eigenvalue weighted by Gasteiger charge is -2.11. The van der Waals surface area contributed by atoms with Crippen LogP contribution in [0.4, 0.5) is 5.82 Å². The third-order valence-electron chi connectivity index (χ3n) is 2.65. The summed E-state index contributed by atoms with van der Waals surface area (Å²) in [5.74, 6) is -1.09. The maximum Gasteiger partial charge on any atom is 0.406 e. The Balaban J connectivity index is 2.22. The van der Waals surface area contributed by atoms with Gasteiger partial charge in [-0.15, -0.1) is 0 Å². The van der Waals surface area contributed by atoms with Crippen LogP contribution in [-0.2, 0) is 0 Å². The zero-order valence-electron chi connectivity index (χ0n) is 11.0. The molecule has 1 heterocycles. The second-order valence-corrected chi connectivity index (χ2v) is 4.59. The zero-order chi connectivity index (χ0) is 15.4. The Morgan fingerprint density at radius 3 is 2.57 bits per heavy atom. The predicted octanol–water partition coefficient (Wildman–Crippen LogP) is 3.12. The molecule has 2 aromatic rings. The molecule has 108 valence electrons. The number of aryl methyl sites for hydroxylation is 1. The highest BCUT2D eigenvalue weighted by atomic mass is 35.5. The first kappa shape index (κ1) is 14.9. The van der Waals surface area contributed by atoms with Crippen molar-refractivity contribution in [1.82, 2.24) is 4.98 Å². The van der Waals surface area contributed by atoms with Gasteiger partial charge in [0.1, 0.15) is 5.69 Å². The monoisotopic (exact) mass is 306 g/mol. The molecule has 0 spiro atoms. The summed E-state index contributed by atoms with van der Waals surface area (Å²) in [6, 6.07) is 11.2. The van der Waals surface area contributed by atoms with Gasteiger partial charge in [-0.05, 0) is 22.0 Å². The highest BCUT2D eigenvalue weighted by Crippen LogP contribution is 2.27. The third-order valence-corrected chi connectivity index (χ3v) is 2.93. The number of nitrogens with zero attached hydrogens (tertiary/aromatic N) is 2. The fourth-order valence-corrected chi connectivity index (χ4v) is 1.87. The van der Waals surface area contributed by atoms with Crippen molar-refractivity contribution in [2.24, 2.45) is 0 Å². The van der Waals surface area contributed by atoms with E-state index in [9.17, 15) is 14.9 Å². The van der Waals surface area contributed by atoms with Crippen LogP contribution in [0.15, 0.2) is 42.5 Å². The van der Waals surface area contributed by atoms with Crippen LogP contribution in [0.3, 0.4) is 0 Å². The van der Waals surface area contributed by atoms with Crippen molar-refractivity contribution in [3.63, 3.8) is 0 Å². The molecule has 0 aliphatic heterocycles. The first-order valence-corrected chi connectivity index (χ1v) is 6.44. The molecule has 0 saturated carbocycles. The number of alkyl halides is 1. The Hall–Kier alpha value is -2.47. The number of hydrogen-bond donors (Lipinski definition) is 0. The minimum absolute atomic E-state index is 0.144. The van der Waals surface area contributed by atoms with Gasteiger partial charge in [-0.3, -0.25) is 4.79 Å². The molecule has 0 N–H and O–H groups in total. The number of rotatable bonds is 5. The fourth-order valence-electron chi connectivity index (χ4n) is 1.65. The van der Waals surface area contributed by atoms with Crippen molar-refractivity contribution in [3.05, 3.63) is 63.8 Å². The summed E-state index contributed by atoms with van der Waals surface area (Å²) in [7, 11) is 0. The summed E-state index contributed by atoms with van der Waals surface area (Å²) in [5, 5.41) is 10.9. The van der Waals surface area contributed by atoms with E-state index in [1.807, 2.05) is 0 Å². The van der Waals surface area contributed by atoms with E-state index < -0.39 is 22.1 Å². The number of ether oxygens (including phenoxy) is 1. The average molecular weight is 307 g/mol. The van der Waals surface area contributed by atoms with Gasteiger partial charge in [0.15, 0.2) is 0 Å². The number of nitro groups is 1. The minimum atomic E-state index is -1.37. The topological polar surface area (TPSA) is 82.3 Å². The van der Waals surface area contributed by atoms with Gasteiger partial charge in [-0.2, -0.15) is 0 Å². The molecule has 1 aromatic heterocycles. The normalized spacial score (nSPS) is 11.7. The molecule has 2 rings (SSSR count). The van der Waals surface area contributed by atoms with E-state index in [1.165, 1.54) is 6.07 Å². The lowest BCUT2D eigenvalue weighted by atomic mass is 10.1. The number of aromatic nitrogens is 1. The van der Waals surface area contributed by atoms with Gasteiger partial charge in [0, 0.05) is 12.5 Å². The van der Waals surface area contributed by atoms with Gasteiger partial charge >= 0.3 is 5.82 Å². The maximum absolute atomic E-state index is 12.0. The minimum Gasteiger partial charge on any atom is -0.458 e. The van der Waals surface area contributed by atoms with Crippen LogP contribution >= 0.6 is 11.6 Å². The highest BCUT2D eigenvalue weighted by Gasteiger charge is 2.24. The number of Topliss-reactive ketones (excluding diaryl/α,β-unsaturated/α-hetero) is 1. The summed E-state index contributed by atoms with van der Waals surface area (Å²) >= 11 is 5.89. The van der Waals surface area contributed by atoms with Crippen molar-refractivity contribution in [2.75, 3.05) is 0 Å². The van der Waals surface area contributed by atoms with E-state index in [1.54, 1.807) is 43.3 Å². The number of halogens is 1. The van der Waals surface area contributed by atoms with E-state index in [0.717, 1.165) is 0 Å². The van der Waals surface area contributed by atoms with Gasteiger partial charge in [0.05, 0.1) is 0 Å². The third kappa shape index (κ3) is 3.55. The fraction of sp³-hybridized carbons (Fsp3) is 0.143. The molecule has 0 amide bonds. The molecule has 1 atom stereocenters. The van der Waals surface area contributed by atoms with Crippen LogP contribution in [0.2, 0.25) is 0 Å². The van der Waals surface area contributed by atoms with Crippen LogP contribution in [0.25, 0.3) is 0 Å². The van der Waals surface area contributed by atoms with Crippen molar-refractivity contribution < 1.29 is 14.5 Å². The van der Waals surface area contributed by atoms with Gasteiger partial charge in [-0.1, -0.05) is 41.9 Å².